The number of aryl methyl sites for hydroxylation is 1. The minimum absolute atomic E-state index is 0.00802. The maximum atomic E-state index is 13.6. The smallest absolute Gasteiger partial charge is 0.267 e. The van der Waals surface area contributed by atoms with Crippen molar-refractivity contribution in [1.29, 1.82) is 0 Å². The predicted molar refractivity (Wildman–Crippen MR) is 171 cm³/mol. The number of amides is 1. The number of unbranched alkanes of at least 4 members (excludes halogenated alkanes) is 1. The maximum absolute atomic E-state index is 13.6. The Morgan fingerprint density at radius 1 is 1.10 bits per heavy atom. The molecule has 0 aromatic heterocycles. The number of para-hydroxylation sites is 1. The molecule has 1 aliphatic rings. The van der Waals surface area contributed by atoms with E-state index in [-0.39, 0.29) is 33.1 Å². The quantitative estimate of drug-likeness (QED) is 0.140. The Bertz CT molecular complexity index is 1350. The molecule has 0 spiro atoms. The van der Waals surface area contributed by atoms with Crippen LogP contribution in [-0.4, -0.2) is 54.3 Å². The largest absolute Gasteiger partial charge is 0.381 e. The van der Waals surface area contributed by atoms with Gasteiger partial charge in [-0.05, 0) is 61.4 Å². The number of hydrogen-bond donors (Lipinski definition) is 1. The summed E-state index contributed by atoms with van der Waals surface area (Å²) >= 11 is 8.45. The van der Waals surface area contributed by atoms with Crippen molar-refractivity contribution in [2.45, 2.75) is 94.1 Å². The van der Waals surface area contributed by atoms with Crippen LogP contribution in [0.3, 0.4) is 0 Å². The molecule has 0 aliphatic carbocycles. The van der Waals surface area contributed by atoms with Crippen LogP contribution in [0.5, 0.6) is 0 Å². The van der Waals surface area contributed by atoms with Crippen LogP contribution in [0.1, 0.15) is 72.8 Å². The maximum Gasteiger partial charge on any atom is 0.267 e. The summed E-state index contributed by atoms with van der Waals surface area (Å²) < 4.78 is 34.0. The molecule has 41 heavy (non-hydrogen) atoms. The molecule has 1 aliphatic heterocycles. The minimum Gasteiger partial charge on any atom is -0.381 e. The van der Waals surface area contributed by atoms with Gasteiger partial charge in [0.05, 0.1) is 11.4 Å². The molecule has 1 unspecified atom stereocenters. The van der Waals surface area contributed by atoms with Crippen molar-refractivity contribution in [3.8, 4) is 0 Å². The molecule has 2 aromatic carbocycles. The first kappa shape index (κ1) is 33.4. The normalized spacial score (nSPS) is 15.7. The molecule has 226 valence electrons. The topological polar surface area (TPSA) is 88.1 Å². The zero-order chi connectivity index (χ0) is 30.4. The summed E-state index contributed by atoms with van der Waals surface area (Å²) in [6.45, 7) is 16.2. The molecule has 1 atom stereocenters. The summed E-state index contributed by atoms with van der Waals surface area (Å²) in [6, 6.07) is 12.4. The van der Waals surface area contributed by atoms with E-state index in [0.29, 0.717) is 25.3 Å². The first-order valence-electron chi connectivity index (χ1n) is 14.2. The molecule has 1 heterocycles. The number of carbonyl (C=O) groups is 1. The number of alkyl halides is 1. The van der Waals surface area contributed by atoms with Crippen LogP contribution >= 0.6 is 23.4 Å². The van der Waals surface area contributed by atoms with Crippen molar-refractivity contribution < 1.29 is 17.9 Å². The Morgan fingerprint density at radius 2 is 1.78 bits per heavy atom. The van der Waals surface area contributed by atoms with Gasteiger partial charge in [-0.2, -0.15) is 0 Å². The summed E-state index contributed by atoms with van der Waals surface area (Å²) in [4.78, 5) is 19.2. The highest BCUT2D eigenvalue weighted by molar-refractivity contribution is 8.00. The highest BCUT2D eigenvalue weighted by Gasteiger charge is 2.39. The summed E-state index contributed by atoms with van der Waals surface area (Å²) in [5.41, 5.74) is 2.04. The lowest BCUT2D eigenvalue weighted by Crippen LogP contribution is -2.47. The van der Waals surface area contributed by atoms with E-state index in [1.807, 2.05) is 25.1 Å². The zero-order valence-corrected chi connectivity index (χ0v) is 27.7. The van der Waals surface area contributed by atoms with E-state index in [4.69, 9.17) is 16.3 Å². The van der Waals surface area contributed by atoms with Crippen LogP contribution in [0, 0.1) is 12.3 Å². The van der Waals surface area contributed by atoms with Gasteiger partial charge in [0.1, 0.15) is 10.7 Å². The molecule has 1 amide bonds. The van der Waals surface area contributed by atoms with E-state index in [2.05, 4.69) is 51.9 Å². The van der Waals surface area contributed by atoms with Gasteiger partial charge in [-0.15, -0.1) is 23.4 Å². The van der Waals surface area contributed by atoms with Crippen LogP contribution < -0.4 is 5.32 Å². The first-order chi connectivity index (χ1) is 19.1. The van der Waals surface area contributed by atoms with Gasteiger partial charge in [0.2, 0.25) is 5.91 Å². The average molecular weight is 622 g/mol. The van der Waals surface area contributed by atoms with Gasteiger partial charge in [-0.25, -0.2) is 13.4 Å². The third-order valence-corrected chi connectivity index (χ3v) is 9.93. The highest BCUT2D eigenvalue weighted by atomic mass is 35.5. The van der Waals surface area contributed by atoms with Gasteiger partial charge in [0.25, 0.3) is 10.0 Å². The van der Waals surface area contributed by atoms with Crippen molar-refractivity contribution in [2.75, 3.05) is 25.1 Å². The van der Waals surface area contributed by atoms with Crippen molar-refractivity contribution >= 4 is 56.5 Å². The van der Waals surface area contributed by atoms with E-state index in [9.17, 15) is 13.2 Å². The number of halogens is 1. The van der Waals surface area contributed by atoms with Gasteiger partial charge < -0.3 is 10.1 Å². The predicted octanol–water partition coefficient (Wildman–Crippen LogP) is 7.79. The molecule has 0 saturated heterocycles. The van der Waals surface area contributed by atoms with Crippen LogP contribution in [0.2, 0.25) is 0 Å². The van der Waals surface area contributed by atoms with Crippen molar-refractivity contribution in [1.82, 2.24) is 4.31 Å². The monoisotopic (exact) mass is 621 g/mol. The Kier molecular flexibility index (Phi) is 11.4. The van der Waals surface area contributed by atoms with Crippen molar-refractivity contribution in [3.05, 3.63) is 48.0 Å². The van der Waals surface area contributed by atoms with Gasteiger partial charge in [0.15, 0.2) is 5.38 Å². The van der Waals surface area contributed by atoms with E-state index in [0.717, 1.165) is 34.0 Å². The van der Waals surface area contributed by atoms with Crippen LogP contribution in [0.25, 0.3) is 0 Å². The molecule has 0 radical (unpaired) electrons. The van der Waals surface area contributed by atoms with Crippen LogP contribution in [-0.2, 0) is 19.6 Å². The lowest BCUT2D eigenvalue weighted by atomic mass is 9.86. The van der Waals surface area contributed by atoms with E-state index in [1.165, 1.54) is 6.07 Å². The molecule has 0 saturated carbocycles. The van der Waals surface area contributed by atoms with Crippen LogP contribution in [0.4, 0.5) is 11.4 Å². The third-order valence-electron chi connectivity index (χ3n) is 6.41. The summed E-state index contributed by atoms with van der Waals surface area (Å²) in [5.74, 6) is -0.545. The van der Waals surface area contributed by atoms with E-state index >= 15 is 0 Å². The Hall–Kier alpha value is -2.07. The van der Waals surface area contributed by atoms with Gasteiger partial charge >= 0.3 is 0 Å². The molecular formula is C31H44ClN3O4S2. The summed E-state index contributed by atoms with van der Waals surface area (Å²) in [6.07, 6.45) is 3.37. The fraction of sp³-hybridized carbons (Fsp3) is 0.548. The molecule has 7 nitrogen and oxygen atoms in total. The Balaban J connectivity index is 1.87. The summed E-state index contributed by atoms with van der Waals surface area (Å²) in [5, 5.41) is 1.64. The molecule has 0 fully saturated rings. The number of nitrogens with zero attached hydrogens (tertiary/aromatic N) is 2. The molecule has 0 bridgehead atoms. The Labute approximate surface area is 255 Å². The molecule has 10 heteroatoms. The Morgan fingerprint density at radius 3 is 2.46 bits per heavy atom. The van der Waals surface area contributed by atoms with Gasteiger partial charge in [-0.1, -0.05) is 66.2 Å². The fourth-order valence-electron chi connectivity index (χ4n) is 5.02. The number of sulfonamides is 1. The second-order valence-electron chi connectivity index (χ2n) is 12.3. The number of aliphatic imine (C=N–C) groups is 1. The molecule has 3 rings (SSSR count). The number of amidine groups is 1. The number of fused-ring (bicyclic) bond motifs is 1. The van der Waals surface area contributed by atoms with E-state index < -0.39 is 21.3 Å². The van der Waals surface area contributed by atoms with Crippen molar-refractivity contribution in [2.24, 2.45) is 10.4 Å². The SMILES string of the molecule is CCCCOCCCN1C(C(Cl)C(=O)Nc2cc(C)ccc2SC(C)(C)CC(C)(C)C)=Nc2ccccc2S1(=O)=O. The van der Waals surface area contributed by atoms with Crippen molar-refractivity contribution in [3.63, 3.8) is 0 Å². The first-order valence-corrected chi connectivity index (χ1v) is 16.9. The number of ether oxygens (including phenoxy) is 1. The second kappa shape index (κ2) is 13.9. The average Bonchev–Trinajstić information content (AvgIpc) is 2.86. The molecule has 1 N–H and O–H groups in total. The lowest BCUT2D eigenvalue weighted by molar-refractivity contribution is -0.114. The molecular weight excluding hydrogens is 578 g/mol. The lowest BCUT2D eigenvalue weighted by Gasteiger charge is -2.33. The third kappa shape index (κ3) is 9.21. The van der Waals surface area contributed by atoms with Crippen LogP contribution in [0.15, 0.2) is 57.2 Å². The summed E-state index contributed by atoms with van der Waals surface area (Å²) in [7, 11) is -3.96. The number of hydrogen-bond acceptors (Lipinski definition) is 6. The minimum atomic E-state index is -3.96. The van der Waals surface area contributed by atoms with E-state index in [1.54, 1.807) is 30.0 Å². The zero-order valence-electron chi connectivity index (χ0n) is 25.3. The number of carbonyl (C=O) groups excluding carboxylic acids is 1. The van der Waals surface area contributed by atoms with Gasteiger partial charge in [-0.3, -0.25) is 9.10 Å². The second-order valence-corrected chi connectivity index (χ2v) is 16.3. The molecule has 2 aromatic rings. The highest BCUT2D eigenvalue weighted by Crippen LogP contribution is 2.43. The number of anilines is 1. The number of rotatable bonds is 13. The number of nitrogens with one attached hydrogen (secondary N) is 1. The van der Waals surface area contributed by atoms with Gasteiger partial charge in [0, 0.05) is 29.4 Å². The standard InChI is InChI=1S/C31H44ClN3O4S2/c1-8-9-18-39-19-12-17-35-28(33-23-13-10-11-14-26(23)41(35,37)38)27(32)29(36)34-24-20-22(2)15-16-25(24)40-31(6,7)21-30(3,4)5/h10-11,13-16,20,27H,8-9,12,17-19,21H2,1-7H3,(H,34,36). The fourth-order valence-corrected chi connectivity index (χ4v) is 8.38. The number of thioether (sulfide) groups is 1. The number of benzene rings is 2.